The molecule has 3 nitrogen and oxygen atoms in total. The number of nitrogens with one attached hydrogen (secondary N) is 2. The standard InChI is InChI=1S/C14H28N2O/c17-11-14-6-2-1-5-13(14)10-16-9-12-4-3-7-15-8-12/h12-17H,1-11H2. The molecule has 2 aliphatic rings. The summed E-state index contributed by atoms with van der Waals surface area (Å²) in [5, 5.41) is 16.5. The summed E-state index contributed by atoms with van der Waals surface area (Å²) in [7, 11) is 0. The van der Waals surface area contributed by atoms with Gasteiger partial charge in [0, 0.05) is 6.61 Å². The molecule has 3 N–H and O–H groups in total. The second-order valence-corrected chi connectivity index (χ2v) is 5.86. The van der Waals surface area contributed by atoms with Gasteiger partial charge < -0.3 is 15.7 Å². The van der Waals surface area contributed by atoms with Crippen LogP contribution in [-0.4, -0.2) is 37.9 Å². The van der Waals surface area contributed by atoms with Crippen molar-refractivity contribution in [2.75, 3.05) is 32.8 Å². The summed E-state index contributed by atoms with van der Waals surface area (Å²) in [5.41, 5.74) is 0. The van der Waals surface area contributed by atoms with E-state index in [4.69, 9.17) is 0 Å². The van der Waals surface area contributed by atoms with Crippen LogP contribution in [0.25, 0.3) is 0 Å². The van der Waals surface area contributed by atoms with E-state index in [1.54, 1.807) is 0 Å². The molecule has 0 radical (unpaired) electrons. The van der Waals surface area contributed by atoms with Crippen LogP contribution in [0, 0.1) is 17.8 Å². The second-order valence-electron chi connectivity index (χ2n) is 5.86. The molecule has 2 rings (SSSR count). The van der Waals surface area contributed by atoms with Gasteiger partial charge in [0.15, 0.2) is 0 Å². The first-order chi connectivity index (χ1) is 8.40. The highest BCUT2D eigenvalue weighted by molar-refractivity contribution is 4.78. The molecule has 3 unspecified atom stereocenters. The van der Waals surface area contributed by atoms with E-state index in [-0.39, 0.29) is 0 Å². The predicted molar refractivity (Wildman–Crippen MR) is 71.0 cm³/mol. The van der Waals surface area contributed by atoms with Crippen LogP contribution in [0.1, 0.15) is 38.5 Å². The van der Waals surface area contributed by atoms with Gasteiger partial charge in [-0.2, -0.15) is 0 Å². The van der Waals surface area contributed by atoms with Crippen molar-refractivity contribution in [3.8, 4) is 0 Å². The Morgan fingerprint density at radius 1 is 1.00 bits per heavy atom. The van der Waals surface area contributed by atoms with Crippen LogP contribution in [0.3, 0.4) is 0 Å². The quantitative estimate of drug-likeness (QED) is 0.680. The van der Waals surface area contributed by atoms with Gasteiger partial charge in [-0.05, 0) is 69.6 Å². The van der Waals surface area contributed by atoms with Crippen LogP contribution in [-0.2, 0) is 0 Å². The lowest BCUT2D eigenvalue weighted by atomic mass is 9.79. The second kappa shape index (κ2) is 7.34. The van der Waals surface area contributed by atoms with Gasteiger partial charge in [-0.25, -0.2) is 0 Å². The van der Waals surface area contributed by atoms with Crippen molar-refractivity contribution in [2.24, 2.45) is 17.8 Å². The molecule has 2 fully saturated rings. The first-order valence-electron chi connectivity index (χ1n) is 7.42. The summed E-state index contributed by atoms with van der Waals surface area (Å²) in [6.07, 6.45) is 7.90. The third-order valence-electron chi connectivity index (χ3n) is 4.54. The van der Waals surface area contributed by atoms with Crippen LogP contribution in [0.5, 0.6) is 0 Å². The van der Waals surface area contributed by atoms with Crippen LogP contribution >= 0.6 is 0 Å². The fourth-order valence-electron chi connectivity index (χ4n) is 3.36. The smallest absolute Gasteiger partial charge is 0.0462 e. The fraction of sp³-hybridized carbons (Fsp3) is 1.00. The van der Waals surface area contributed by atoms with Crippen molar-refractivity contribution < 1.29 is 5.11 Å². The Morgan fingerprint density at radius 3 is 2.53 bits per heavy atom. The van der Waals surface area contributed by atoms with E-state index in [9.17, 15) is 5.11 Å². The molecule has 17 heavy (non-hydrogen) atoms. The molecule has 100 valence electrons. The van der Waals surface area contributed by atoms with Gasteiger partial charge in [-0.15, -0.1) is 0 Å². The first-order valence-corrected chi connectivity index (χ1v) is 7.42. The lowest BCUT2D eigenvalue weighted by molar-refractivity contribution is 0.132. The molecule has 1 aliphatic heterocycles. The van der Waals surface area contributed by atoms with Gasteiger partial charge in [0.25, 0.3) is 0 Å². The average Bonchev–Trinajstić information content (AvgIpc) is 2.40. The van der Waals surface area contributed by atoms with Crippen molar-refractivity contribution in [1.82, 2.24) is 10.6 Å². The summed E-state index contributed by atoms with van der Waals surface area (Å²) in [4.78, 5) is 0. The number of hydrogen-bond acceptors (Lipinski definition) is 3. The van der Waals surface area contributed by atoms with Crippen LogP contribution in [0.4, 0.5) is 0 Å². The number of hydrogen-bond donors (Lipinski definition) is 3. The Labute approximate surface area is 105 Å². The zero-order valence-corrected chi connectivity index (χ0v) is 11.0. The Hall–Kier alpha value is -0.120. The van der Waals surface area contributed by atoms with E-state index in [1.807, 2.05) is 0 Å². The summed E-state index contributed by atoms with van der Waals surface area (Å²) >= 11 is 0. The number of piperidine rings is 1. The third kappa shape index (κ3) is 4.23. The SMILES string of the molecule is OCC1CCCCC1CNCC1CCCNC1. The molecule has 0 aromatic heterocycles. The minimum absolute atomic E-state index is 0.386. The Morgan fingerprint density at radius 2 is 1.82 bits per heavy atom. The van der Waals surface area contributed by atoms with E-state index in [2.05, 4.69) is 10.6 Å². The molecule has 0 aromatic carbocycles. The molecule has 1 heterocycles. The molecule has 3 atom stereocenters. The maximum atomic E-state index is 9.37. The predicted octanol–water partition coefficient (Wildman–Crippen LogP) is 1.37. The zero-order valence-electron chi connectivity index (χ0n) is 11.0. The first kappa shape index (κ1) is 13.3. The molecular formula is C14H28N2O. The molecule has 0 aromatic rings. The fourth-order valence-corrected chi connectivity index (χ4v) is 3.36. The lowest BCUT2D eigenvalue weighted by Crippen LogP contribution is -2.39. The molecule has 3 heteroatoms. The van der Waals surface area contributed by atoms with Gasteiger partial charge in [0.1, 0.15) is 0 Å². The largest absolute Gasteiger partial charge is 0.396 e. The third-order valence-corrected chi connectivity index (χ3v) is 4.54. The highest BCUT2D eigenvalue weighted by Gasteiger charge is 2.24. The van der Waals surface area contributed by atoms with Gasteiger partial charge >= 0.3 is 0 Å². The minimum Gasteiger partial charge on any atom is -0.396 e. The van der Waals surface area contributed by atoms with Gasteiger partial charge in [-0.1, -0.05) is 12.8 Å². The number of rotatable bonds is 5. The minimum atomic E-state index is 0.386. The normalized spacial score (nSPS) is 34.8. The van der Waals surface area contributed by atoms with E-state index < -0.39 is 0 Å². The zero-order chi connectivity index (χ0) is 11.9. The monoisotopic (exact) mass is 240 g/mol. The molecule has 1 saturated heterocycles. The van der Waals surface area contributed by atoms with Gasteiger partial charge in [0.2, 0.25) is 0 Å². The maximum absolute atomic E-state index is 9.37. The summed E-state index contributed by atoms with van der Waals surface area (Å²) in [6.45, 7) is 5.04. The Balaban J connectivity index is 1.62. The van der Waals surface area contributed by atoms with Gasteiger partial charge in [-0.3, -0.25) is 0 Å². The van der Waals surface area contributed by atoms with Crippen LogP contribution in [0.2, 0.25) is 0 Å². The van der Waals surface area contributed by atoms with Crippen LogP contribution in [0.15, 0.2) is 0 Å². The number of aliphatic hydroxyl groups is 1. The van der Waals surface area contributed by atoms with Crippen molar-refractivity contribution in [1.29, 1.82) is 0 Å². The topological polar surface area (TPSA) is 44.3 Å². The molecule has 1 saturated carbocycles. The van der Waals surface area contributed by atoms with Crippen LogP contribution < -0.4 is 10.6 Å². The highest BCUT2D eigenvalue weighted by Crippen LogP contribution is 2.29. The highest BCUT2D eigenvalue weighted by atomic mass is 16.3. The summed E-state index contributed by atoms with van der Waals surface area (Å²) in [5.74, 6) is 2.09. The van der Waals surface area contributed by atoms with Gasteiger partial charge in [0.05, 0.1) is 0 Å². The maximum Gasteiger partial charge on any atom is 0.0462 e. The molecule has 0 amide bonds. The average molecular weight is 240 g/mol. The number of aliphatic hydroxyl groups excluding tert-OH is 1. The lowest BCUT2D eigenvalue weighted by Gasteiger charge is -2.31. The summed E-state index contributed by atoms with van der Waals surface area (Å²) in [6, 6.07) is 0. The van der Waals surface area contributed by atoms with E-state index in [1.165, 1.54) is 51.6 Å². The molecule has 0 bridgehead atoms. The Bertz CT molecular complexity index is 204. The van der Waals surface area contributed by atoms with Crippen molar-refractivity contribution in [3.63, 3.8) is 0 Å². The van der Waals surface area contributed by atoms with Crippen molar-refractivity contribution >= 4 is 0 Å². The molecule has 0 spiro atoms. The van der Waals surface area contributed by atoms with E-state index >= 15 is 0 Å². The summed E-state index contributed by atoms with van der Waals surface area (Å²) < 4.78 is 0. The molecule has 1 aliphatic carbocycles. The molecular weight excluding hydrogens is 212 g/mol. The van der Waals surface area contributed by atoms with Crippen molar-refractivity contribution in [2.45, 2.75) is 38.5 Å². The van der Waals surface area contributed by atoms with Crippen molar-refractivity contribution in [3.05, 3.63) is 0 Å². The Kier molecular flexibility index (Phi) is 5.75. The van der Waals surface area contributed by atoms with E-state index in [0.717, 1.165) is 19.0 Å². The van der Waals surface area contributed by atoms with E-state index in [0.29, 0.717) is 18.4 Å².